The van der Waals surface area contributed by atoms with E-state index in [0.29, 0.717) is 37.7 Å². The lowest BCUT2D eigenvalue weighted by molar-refractivity contribution is 0.0725. The quantitative estimate of drug-likeness (QED) is 0.401. The predicted molar refractivity (Wildman–Crippen MR) is 160 cm³/mol. The van der Waals surface area contributed by atoms with Gasteiger partial charge in [-0.15, -0.1) is 11.3 Å². The normalized spacial score (nSPS) is 19.3. The Labute approximate surface area is 241 Å². The van der Waals surface area contributed by atoms with Crippen molar-refractivity contribution in [3.8, 4) is 5.75 Å². The Bertz CT molecular complexity index is 1320. The van der Waals surface area contributed by atoms with Crippen LogP contribution in [0, 0.1) is 5.92 Å². The van der Waals surface area contributed by atoms with E-state index in [1.54, 1.807) is 21.3 Å². The number of rotatable bonds is 3. The van der Waals surface area contributed by atoms with Crippen LogP contribution in [0.1, 0.15) is 47.6 Å². The molecule has 8 nitrogen and oxygen atoms in total. The lowest BCUT2D eigenvalue weighted by Crippen LogP contribution is -2.48. The number of amides is 3. The van der Waals surface area contributed by atoms with E-state index in [1.807, 2.05) is 58.0 Å². The van der Waals surface area contributed by atoms with Gasteiger partial charge in [-0.05, 0) is 61.4 Å². The minimum Gasteiger partial charge on any atom is -0.496 e. The third-order valence-corrected chi connectivity index (χ3v) is 8.30. The van der Waals surface area contributed by atoms with Gasteiger partial charge in [0.15, 0.2) is 5.01 Å². The minimum absolute atomic E-state index is 0.00842. The van der Waals surface area contributed by atoms with Crippen LogP contribution >= 0.6 is 11.3 Å². The molecule has 40 heavy (non-hydrogen) atoms. The summed E-state index contributed by atoms with van der Waals surface area (Å²) < 4.78 is 10.9. The van der Waals surface area contributed by atoms with Gasteiger partial charge in [-0.2, -0.15) is 0 Å². The minimum atomic E-state index is -0.0526. The second kappa shape index (κ2) is 13.8. The van der Waals surface area contributed by atoms with Gasteiger partial charge in [0, 0.05) is 46.1 Å². The van der Waals surface area contributed by atoms with Gasteiger partial charge < -0.3 is 19.3 Å². The molecule has 0 unspecified atom stereocenters. The van der Waals surface area contributed by atoms with E-state index in [0.717, 1.165) is 46.5 Å². The predicted octanol–water partition coefficient (Wildman–Crippen LogP) is 5.82. The molecule has 3 aromatic rings. The molecule has 2 aromatic carbocycles. The Balaban J connectivity index is 0.00000118. The second-order valence-corrected chi connectivity index (χ2v) is 11.2. The van der Waals surface area contributed by atoms with Gasteiger partial charge in [0.1, 0.15) is 5.75 Å². The van der Waals surface area contributed by atoms with Crippen LogP contribution in [0.3, 0.4) is 0 Å². The number of hydrogen-bond acceptors (Lipinski definition) is 6. The Morgan fingerprint density at radius 3 is 2.58 bits per heavy atom. The Morgan fingerprint density at radius 1 is 1.07 bits per heavy atom. The molecule has 2 aliphatic heterocycles. The fourth-order valence-corrected chi connectivity index (χ4v) is 6.26. The largest absolute Gasteiger partial charge is 0.496 e. The van der Waals surface area contributed by atoms with E-state index in [4.69, 9.17) is 4.74 Å². The first-order chi connectivity index (χ1) is 19.4. The van der Waals surface area contributed by atoms with E-state index < -0.39 is 0 Å². The molecule has 3 heterocycles. The van der Waals surface area contributed by atoms with Gasteiger partial charge >= 0.3 is 6.03 Å². The van der Waals surface area contributed by atoms with Gasteiger partial charge in [-0.3, -0.25) is 9.69 Å². The number of likely N-dealkylation sites (N-methyl/N-ethyl adjacent to an activating group) is 1. The van der Waals surface area contributed by atoms with E-state index in [9.17, 15) is 9.59 Å². The van der Waals surface area contributed by atoms with Crippen LogP contribution in [0.15, 0.2) is 54.2 Å². The molecule has 0 aliphatic carbocycles. The number of hydrogen-bond donors (Lipinski definition) is 0. The molecule has 1 fully saturated rings. The van der Waals surface area contributed by atoms with Crippen LogP contribution in [-0.2, 0) is 17.7 Å². The lowest BCUT2D eigenvalue weighted by Gasteiger charge is -2.37. The molecule has 1 saturated heterocycles. The SMILES string of the molecule is CCN1CCN(C(=O)c2nc3ccccc3s2)CCC/C2=C/[C@H](C)Cc3c(cccc3OC)CN2C1=O.COC. The number of para-hydroxylation sites is 1. The van der Waals surface area contributed by atoms with Crippen molar-refractivity contribution < 1.29 is 19.1 Å². The molecule has 2 aliphatic rings. The third-order valence-electron chi connectivity index (χ3n) is 7.28. The maximum absolute atomic E-state index is 13.9. The number of fused-ring (bicyclic) bond motifs is 3. The molecule has 3 amide bonds. The highest BCUT2D eigenvalue weighted by molar-refractivity contribution is 7.20. The fraction of sp³-hybridized carbons (Fsp3) is 0.452. The highest BCUT2D eigenvalue weighted by atomic mass is 32.1. The molecule has 5 rings (SSSR count). The number of carbonyl (C=O) groups excluding carboxylic acids is 2. The zero-order valence-corrected chi connectivity index (χ0v) is 25.0. The number of benzene rings is 2. The molecular weight excluding hydrogens is 524 g/mol. The van der Waals surface area contributed by atoms with Gasteiger partial charge in [-0.1, -0.05) is 37.3 Å². The summed E-state index contributed by atoms with van der Waals surface area (Å²) in [6.45, 7) is 6.89. The molecule has 0 bridgehead atoms. The number of ether oxygens (including phenoxy) is 2. The highest BCUT2D eigenvalue weighted by Gasteiger charge is 2.30. The lowest BCUT2D eigenvalue weighted by atomic mass is 9.92. The summed E-state index contributed by atoms with van der Waals surface area (Å²) in [6, 6.07) is 13.9. The summed E-state index contributed by atoms with van der Waals surface area (Å²) in [5, 5.41) is 0.513. The number of methoxy groups -OCH3 is 2. The Hall–Kier alpha value is -3.43. The van der Waals surface area contributed by atoms with Crippen LogP contribution in [-0.4, -0.2) is 79.1 Å². The summed E-state index contributed by atoms with van der Waals surface area (Å²) in [5.41, 5.74) is 4.20. The van der Waals surface area contributed by atoms with Gasteiger partial charge in [-0.25, -0.2) is 9.78 Å². The molecule has 0 radical (unpaired) electrons. The number of allylic oxidation sites excluding steroid dienone is 2. The fourth-order valence-electron chi connectivity index (χ4n) is 5.33. The molecule has 9 heteroatoms. The first-order valence-corrected chi connectivity index (χ1v) is 14.7. The summed E-state index contributed by atoms with van der Waals surface area (Å²) in [5.74, 6) is 1.08. The van der Waals surface area contributed by atoms with E-state index in [1.165, 1.54) is 16.9 Å². The first kappa shape index (κ1) is 29.6. The van der Waals surface area contributed by atoms with E-state index >= 15 is 0 Å². The van der Waals surface area contributed by atoms with E-state index in [-0.39, 0.29) is 17.9 Å². The number of thiazole rings is 1. The molecular formula is C31H40N4O4S. The average molecular weight is 565 g/mol. The van der Waals surface area contributed by atoms with Crippen molar-refractivity contribution in [1.29, 1.82) is 0 Å². The third kappa shape index (κ3) is 6.64. The van der Waals surface area contributed by atoms with Crippen LogP contribution in [0.2, 0.25) is 0 Å². The Morgan fingerprint density at radius 2 is 1.85 bits per heavy atom. The zero-order chi connectivity index (χ0) is 28.6. The number of nitrogens with zero attached hydrogens (tertiary/aromatic N) is 4. The van der Waals surface area contributed by atoms with Crippen molar-refractivity contribution in [3.63, 3.8) is 0 Å². The summed E-state index contributed by atoms with van der Waals surface area (Å²) in [6.07, 6.45) is 4.62. The van der Waals surface area contributed by atoms with Crippen LogP contribution in [0.4, 0.5) is 4.79 Å². The average Bonchev–Trinajstić information content (AvgIpc) is 3.38. The second-order valence-electron chi connectivity index (χ2n) is 10.2. The molecule has 1 atom stereocenters. The van der Waals surface area contributed by atoms with Crippen molar-refractivity contribution in [2.24, 2.45) is 5.92 Å². The molecule has 1 aromatic heterocycles. The highest BCUT2D eigenvalue weighted by Crippen LogP contribution is 2.32. The molecule has 214 valence electrons. The maximum Gasteiger partial charge on any atom is 0.324 e. The number of aromatic nitrogens is 1. The smallest absolute Gasteiger partial charge is 0.324 e. The summed E-state index contributed by atoms with van der Waals surface area (Å²) in [4.78, 5) is 37.6. The van der Waals surface area contributed by atoms with Crippen molar-refractivity contribution in [2.75, 3.05) is 47.5 Å². The molecule has 0 saturated carbocycles. The first-order valence-electron chi connectivity index (χ1n) is 13.9. The van der Waals surface area contributed by atoms with Crippen LogP contribution in [0.5, 0.6) is 5.75 Å². The van der Waals surface area contributed by atoms with Crippen molar-refractivity contribution >= 4 is 33.5 Å². The monoisotopic (exact) mass is 564 g/mol. The molecule has 0 spiro atoms. The van der Waals surface area contributed by atoms with Crippen LogP contribution < -0.4 is 4.74 Å². The standard InChI is InChI=1S/C29H34N4O3S.C2H6O/c1-4-31-15-16-32(28(34)27-30-24-11-5-6-13-26(24)37-27)14-8-10-22-17-20(2)18-23-21(19-33(22)29(31)35)9-7-12-25(23)36-3;1-3-2/h5-7,9,11-13,17,20H,4,8,10,14-16,18-19H2,1-3H3;1-2H3/b22-17-;/t20-;/m0./s1. The maximum atomic E-state index is 13.9. The number of urea groups is 1. The Kier molecular flexibility index (Phi) is 10.2. The van der Waals surface area contributed by atoms with Gasteiger partial charge in [0.2, 0.25) is 0 Å². The van der Waals surface area contributed by atoms with Crippen molar-refractivity contribution in [1.82, 2.24) is 19.7 Å². The van der Waals surface area contributed by atoms with Gasteiger partial charge in [0.25, 0.3) is 5.91 Å². The topological polar surface area (TPSA) is 75.2 Å². The van der Waals surface area contributed by atoms with Gasteiger partial charge in [0.05, 0.1) is 23.9 Å². The number of carbonyl (C=O) groups is 2. The molecule has 0 N–H and O–H groups in total. The summed E-state index contributed by atoms with van der Waals surface area (Å²) in [7, 11) is 4.95. The van der Waals surface area contributed by atoms with E-state index in [2.05, 4.69) is 28.8 Å². The summed E-state index contributed by atoms with van der Waals surface area (Å²) >= 11 is 1.43. The zero-order valence-electron chi connectivity index (χ0n) is 24.2. The van der Waals surface area contributed by atoms with Crippen LogP contribution in [0.25, 0.3) is 10.2 Å². The van der Waals surface area contributed by atoms with Crippen molar-refractivity contribution in [2.45, 2.75) is 39.7 Å². The van der Waals surface area contributed by atoms with Crippen molar-refractivity contribution in [3.05, 3.63) is 70.4 Å².